The Labute approximate surface area is 108 Å². The Morgan fingerprint density at radius 2 is 2.00 bits per heavy atom. The molecule has 1 N–H and O–H groups in total. The van der Waals surface area contributed by atoms with Gasteiger partial charge in [-0.25, -0.2) is 0 Å². The van der Waals surface area contributed by atoms with Crippen molar-refractivity contribution in [2.75, 3.05) is 19.6 Å². The van der Waals surface area contributed by atoms with Gasteiger partial charge in [0.05, 0.1) is 11.6 Å². The standard InChI is InChI=1S/C15H19N3/c16-9-12-1-3-13(4-2-12)10-17-15-6-8-18-7-5-14(15)11-18/h1-4,14-15,17H,5-8,10-11H2. The van der Waals surface area contributed by atoms with Crippen LogP contribution in [0.1, 0.15) is 24.0 Å². The largest absolute Gasteiger partial charge is 0.310 e. The Hall–Kier alpha value is -1.37. The molecule has 1 aromatic carbocycles. The molecule has 3 rings (SSSR count). The van der Waals surface area contributed by atoms with Gasteiger partial charge in [0.1, 0.15) is 0 Å². The molecule has 3 unspecified atom stereocenters. The van der Waals surface area contributed by atoms with Crippen molar-refractivity contribution in [2.45, 2.75) is 25.4 Å². The smallest absolute Gasteiger partial charge is 0.0991 e. The fourth-order valence-corrected chi connectivity index (χ4v) is 3.17. The van der Waals surface area contributed by atoms with E-state index in [4.69, 9.17) is 5.26 Å². The van der Waals surface area contributed by atoms with Crippen LogP contribution in [0.25, 0.3) is 0 Å². The molecule has 1 aromatic rings. The Bertz CT molecular complexity index is 446. The van der Waals surface area contributed by atoms with Gasteiger partial charge in [-0.1, -0.05) is 12.1 Å². The Kier molecular flexibility index (Phi) is 3.31. The third kappa shape index (κ3) is 2.40. The van der Waals surface area contributed by atoms with Gasteiger partial charge >= 0.3 is 0 Å². The summed E-state index contributed by atoms with van der Waals surface area (Å²) < 4.78 is 0. The molecule has 2 fully saturated rings. The van der Waals surface area contributed by atoms with Gasteiger partial charge in [0.15, 0.2) is 0 Å². The molecule has 2 heterocycles. The lowest BCUT2D eigenvalue weighted by molar-refractivity contribution is 0.220. The van der Waals surface area contributed by atoms with E-state index in [2.05, 4.69) is 28.4 Å². The quantitative estimate of drug-likeness (QED) is 0.876. The van der Waals surface area contributed by atoms with Crippen LogP contribution in [-0.4, -0.2) is 30.6 Å². The van der Waals surface area contributed by atoms with Crippen LogP contribution in [0, 0.1) is 17.2 Å². The molecule has 0 radical (unpaired) electrons. The third-order valence-electron chi connectivity index (χ3n) is 4.29. The monoisotopic (exact) mass is 241 g/mol. The molecular weight excluding hydrogens is 222 g/mol. The van der Waals surface area contributed by atoms with Crippen molar-refractivity contribution in [3.8, 4) is 6.07 Å². The first kappa shape index (κ1) is 11.7. The highest BCUT2D eigenvalue weighted by molar-refractivity contribution is 5.31. The molecule has 2 bridgehead atoms. The number of piperidine rings is 1. The van der Waals surface area contributed by atoms with Crippen molar-refractivity contribution in [3.63, 3.8) is 0 Å². The normalized spacial score (nSPS) is 30.1. The van der Waals surface area contributed by atoms with E-state index < -0.39 is 0 Å². The van der Waals surface area contributed by atoms with Gasteiger partial charge in [-0.05, 0) is 49.5 Å². The van der Waals surface area contributed by atoms with Crippen molar-refractivity contribution in [2.24, 2.45) is 5.92 Å². The summed E-state index contributed by atoms with van der Waals surface area (Å²) >= 11 is 0. The molecule has 2 saturated heterocycles. The second-order valence-corrected chi connectivity index (χ2v) is 5.43. The number of hydrogen-bond donors (Lipinski definition) is 1. The van der Waals surface area contributed by atoms with Crippen molar-refractivity contribution in [1.82, 2.24) is 10.2 Å². The topological polar surface area (TPSA) is 39.1 Å². The second kappa shape index (κ2) is 5.09. The lowest BCUT2D eigenvalue weighted by atomic mass is 9.94. The van der Waals surface area contributed by atoms with Crippen molar-refractivity contribution in [3.05, 3.63) is 35.4 Å². The maximum Gasteiger partial charge on any atom is 0.0991 e. The maximum atomic E-state index is 8.76. The van der Waals surface area contributed by atoms with Gasteiger partial charge < -0.3 is 10.2 Å². The SMILES string of the molecule is N#Cc1ccc(CNC2CCN3CCC2C3)cc1. The van der Waals surface area contributed by atoms with Crippen LogP contribution in [0.4, 0.5) is 0 Å². The third-order valence-corrected chi connectivity index (χ3v) is 4.29. The number of benzene rings is 1. The molecule has 0 aliphatic carbocycles. The van der Waals surface area contributed by atoms with Crippen LogP contribution in [0.3, 0.4) is 0 Å². The molecule has 0 saturated carbocycles. The molecule has 94 valence electrons. The first-order chi connectivity index (χ1) is 8.85. The van der Waals surface area contributed by atoms with Gasteiger partial charge in [0.25, 0.3) is 0 Å². The van der Waals surface area contributed by atoms with E-state index in [0.717, 1.165) is 18.0 Å². The summed E-state index contributed by atoms with van der Waals surface area (Å²) in [5.41, 5.74) is 2.01. The van der Waals surface area contributed by atoms with Crippen molar-refractivity contribution in [1.29, 1.82) is 5.26 Å². The Balaban J connectivity index is 1.55. The fourth-order valence-electron chi connectivity index (χ4n) is 3.17. The highest BCUT2D eigenvalue weighted by Gasteiger charge is 2.33. The predicted octanol–water partition coefficient (Wildman–Crippen LogP) is 1.74. The van der Waals surface area contributed by atoms with Crippen LogP contribution in [-0.2, 0) is 6.54 Å². The zero-order chi connectivity index (χ0) is 12.4. The van der Waals surface area contributed by atoms with Crippen LogP contribution in [0.15, 0.2) is 24.3 Å². The van der Waals surface area contributed by atoms with Crippen LogP contribution in [0.5, 0.6) is 0 Å². The van der Waals surface area contributed by atoms with E-state index in [0.29, 0.717) is 6.04 Å². The van der Waals surface area contributed by atoms with Gasteiger partial charge in [-0.15, -0.1) is 0 Å². The van der Waals surface area contributed by atoms with E-state index in [-0.39, 0.29) is 0 Å². The molecule has 2 aliphatic heterocycles. The minimum absolute atomic E-state index is 0.680. The average molecular weight is 241 g/mol. The van der Waals surface area contributed by atoms with Crippen molar-refractivity contribution < 1.29 is 0 Å². The molecular formula is C15H19N3. The van der Waals surface area contributed by atoms with E-state index in [1.165, 1.54) is 38.0 Å². The summed E-state index contributed by atoms with van der Waals surface area (Å²) in [6.07, 6.45) is 2.63. The predicted molar refractivity (Wildman–Crippen MR) is 70.9 cm³/mol. The van der Waals surface area contributed by atoms with Crippen LogP contribution < -0.4 is 5.32 Å². The molecule has 0 spiro atoms. The highest BCUT2D eigenvalue weighted by Crippen LogP contribution is 2.27. The summed E-state index contributed by atoms with van der Waals surface area (Å²) in [4.78, 5) is 2.57. The van der Waals surface area contributed by atoms with E-state index in [1.807, 2.05) is 12.1 Å². The molecule has 0 amide bonds. The highest BCUT2D eigenvalue weighted by atomic mass is 15.2. The molecule has 2 aliphatic rings. The average Bonchev–Trinajstić information content (AvgIpc) is 2.81. The summed E-state index contributed by atoms with van der Waals surface area (Å²) in [7, 11) is 0. The minimum atomic E-state index is 0.680. The number of nitrogens with zero attached hydrogens (tertiary/aromatic N) is 2. The number of fused-ring (bicyclic) bond motifs is 2. The lowest BCUT2D eigenvalue weighted by Gasteiger charge is -2.31. The zero-order valence-electron chi connectivity index (χ0n) is 10.6. The fraction of sp³-hybridized carbons (Fsp3) is 0.533. The second-order valence-electron chi connectivity index (χ2n) is 5.43. The lowest BCUT2D eigenvalue weighted by Crippen LogP contribution is -2.43. The van der Waals surface area contributed by atoms with Gasteiger partial charge in [-0.2, -0.15) is 5.26 Å². The number of nitriles is 1. The number of nitrogens with one attached hydrogen (secondary N) is 1. The van der Waals surface area contributed by atoms with Gasteiger partial charge in [0.2, 0.25) is 0 Å². The Morgan fingerprint density at radius 1 is 1.22 bits per heavy atom. The van der Waals surface area contributed by atoms with Gasteiger partial charge in [0, 0.05) is 19.1 Å². The Morgan fingerprint density at radius 3 is 2.78 bits per heavy atom. The molecule has 0 aromatic heterocycles. The first-order valence-corrected chi connectivity index (χ1v) is 6.80. The summed E-state index contributed by atoms with van der Waals surface area (Å²) in [5, 5.41) is 12.5. The zero-order valence-corrected chi connectivity index (χ0v) is 10.6. The summed E-state index contributed by atoms with van der Waals surface area (Å²) in [6.45, 7) is 4.75. The van der Waals surface area contributed by atoms with Gasteiger partial charge in [-0.3, -0.25) is 0 Å². The van der Waals surface area contributed by atoms with Crippen LogP contribution in [0.2, 0.25) is 0 Å². The summed E-state index contributed by atoms with van der Waals surface area (Å²) in [6, 6.07) is 10.7. The minimum Gasteiger partial charge on any atom is -0.310 e. The van der Waals surface area contributed by atoms with E-state index in [1.54, 1.807) is 0 Å². The first-order valence-electron chi connectivity index (χ1n) is 6.80. The van der Waals surface area contributed by atoms with Crippen LogP contribution >= 0.6 is 0 Å². The maximum absolute atomic E-state index is 8.76. The van der Waals surface area contributed by atoms with Crippen molar-refractivity contribution >= 4 is 0 Å². The molecule has 3 nitrogen and oxygen atoms in total. The summed E-state index contributed by atoms with van der Waals surface area (Å²) in [5.74, 6) is 0.845. The van der Waals surface area contributed by atoms with E-state index in [9.17, 15) is 0 Å². The molecule has 18 heavy (non-hydrogen) atoms. The number of rotatable bonds is 3. The molecule has 3 heteroatoms. The molecule has 3 atom stereocenters. The number of hydrogen-bond acceptors (Lipinski definition) is 3. The van der Waals surface area contributed by atoms with E-state index >= 15 is 0 Å².